The van der Waals surface area contributed by atoms with Gasteiger partial charge in [-0.25, -0.2) is 21.8 Å². The Balaban J connectivity index is 1.36. The van der Waals surface area contributed by atoms with Crippen LogP contribution in [0.3, 0.4) is 0 Å². The first-order chi connectivity index (χ1) is 16.1. The summed E-state index contributed by atoms with van der Waals surface area (Å²) in [6.07, 6.45) is 1.08. The van der Waals surface area contributed by atoms with Crippen molar-refractivity contribution in [1.29, 1.82) is 0 Å². The summed E-state index contributed by atoms with van der Waals surface area (Å²) >= 11 is 1.42. The van der Waals surface area contributed by atoms with E-state index in [4.69, 9.17) is 4.74 Å². The number of sulfone groups is 2. The van der Waals surface area contributed by atoms with E-state index in [2.05, 4.69) is 4.98 Å². The predicted octanol–water partition coefficient (Wildman–Crippen LogP) is 2.22. The average molecular weight is 524 g/mol. The number of thiazole rings is 1. The molecule has 0 N–H and O–H groups in total. The van der Waals surface area contributed by atoms with E-state index >= 15 is 0 Å². The number of fused-ring (bicyclic) bond motifs is 1. The second-order valence-electron chi connectivity index (χ2n) is 7.98. The normalized spacial score (nSPS) is 15.0. The van der Waals surface area contributed by atoms with Crippen LogP contribution in [0.2, 0.25) is 0 Å². The zero-order valence-corrected chi connectivity index (χ0v) is 21.2. The maximum absolute atomic E-state index is 12.7. The highest BCUT2D eigenvalue weighted by Crippen LogP contribution is 2.33. The number of aromatic nitrogens is 1. The number of methoxy groups -OCH3 is 1. The largest absolute Gasteiger partial charge is 0.497 e. The van der Waals surface area contributed by atoms with Gasteiger partial charge in [0.25, 0.3) is 0 Å². The summed E-state index contributed by atoms with van der Waals surface area (Å²) in [6.45, 7) is 1.95. The van der Waals surface area contributed by atoms with Gasteiger partial charge in [0.05, 0.1) is 27.4 Å². The highest BCUT2D eigenvalue weighted by molar-refractivity contribution is 7.91. The average Bonchev–Trinajstić information content (AvgIpc) is 3.26. The number of hydrogen-bond donors (Lipinski definition) is 0. The number of para-hydroxylation sites is 1. The molecule has 0 atom stereocenters. The smallest absolute Gasteiger partial charge is 0.223 e. The van der Waals surface area contributed by atoms with Gasteiger partial charge in [-0.15, -0.1) is 0 Å². The summed E-state index contributed by atoms with van der Waals surface area (Å²) in [5.74, 6) is 0.0961. The molecule has 0 saturated carbocycles. The number of ether oxygens (including phenoxy) is 1. The minimum atomic E-state index is -3.57. The fourth-order valence-corrected chi connectivity index (χ4v) is 6.95. The lowest BCUT2D eigenvalue weighted by Crippen LogP contribution is -2.49. The molecule has 0 unspecified atom stereocenters. The van der Waals surface area contributed by atoms with E-state index in [1.54, 1.807) is 29.2 Å². The third kappa shape index (κ3) is 5.18. The first kappa shape index (κ1) is 24.4. The Morgan fingerprint density at radius 1 is 1.03 bits per heavy atom. The number of hydrogen-bond acceptors (Lipinski definition) is 9. The van der Waals surface area contributed by atoms with Gasteiger partial charge >= 0.3 is 0 Å². The molecule has 9 nitrogen and oxygen atoms in total. The predicted molar refractivity (Wildman–Crippen MR) is 131 cm³/mol. The summed E-state index contributed by atoms with van der Waals surface area (Å²) < 4.78 is 55.1. The third-order valence-corrected chi connectivity index (χ3v) is 9.62. The van der Waals surface area contributed by atoms with Crippen molar-refractivity contribution in [3.8, 4) is 5.75 Å². The second-order valence-corrected chi connectivity index (χ2v) is 13.1. The van der Waals surface area contributed by atoms with Crippen LogP contribution in [-0.4, -0.2) is 77.9 Å². The molecule has 0 aliphatic carbocycles. The van der Waals surface area contributed by atoms with Crippen molar-refractivity contribution in [1.82, 2.24) is 9.88 Å². The van der Waals surface area contributed by atoms with E-state index in [1.165, 1.54) is 36.8 Å². The Morgan fingerprint density at radius 3 is 2.32 bits per heavy atom. The Bertz CT molecular complexity index is 1410. The highest BCUT2D eigenvalue weighted by Gasteiger charge is 2.26. The van der Waals surface area contributed by atoms with Gasteiger partial charge in [-0.1, -0.05) is 17.4 Å². The van der Waals surface area contributed by atoms with E-state index in [-0.39, 0.29) is 27.9 Å². The minimum Gasteiger partial charge on any atom is -0.497 e. The molecule has 1 saturated heterocycles. The lowest BCUT2D eigenvalue weighted by Gasteiger charge is -2.34. The zero-order chi connectivity index (χ0) is 24.5. The fraction of sp³-hybridized carbons (Fsp3) is 0.364. The molecule has 34 heavy (non-hydrogen) atoms. The number of amides is 1. The standard InChI is InChI=1S/C22H25N3O6S3/c1-31-16-6-8-17(9-7-16)34(29,30)15-10-20(26)24-11-13-25(14-12-24)22-23-21-18(32-22)4-3-5-19(21)33(2,27)28/h3-9H,10-15H2,1-2H3. The van der Waals surface area contributed by atoms with Crippen molar-refractivity contribution in [2.45, 2.75) is 16.2 Å². The first-order valence-corrected chi connectivity index (χ1v) is 14.9. The van der Waals surface area contributed by atoms with E-state index in [0.717, 1.165) is 4.70 Å². The molecule has 2 aromatic carbocycles. The maximum atomic E-state index is 12.7. The van der Waals surface area contributed by atoms with E-state index in [1.807, 2.05) is 11.0 Å². The molecule has 0 bridgehead atoms. The third-order valence-electron chi connectivity index (χ3n) is 5.68. The SMILES string of the molecule is COc1ccc(S(=O)(=O)CCC(=O)N2CCN(c3nc4c(S(C)(=O)=O)cccc4s3)CC2)cc1. The molecule has 1 amide bonds. The molecule has 0 spiro atoms. The maximum Gasteiger partial charge on any atom is 0.223 e. The van der Waals surface area contributed by atoms with Crippen LogP contribution in [0.5, 0.6) is 5.75 Å². The van der Waals surface area contributed by atoms with Crippen LogP contribution in [0.4, 0.5) is 5.13 Å². The van der Waals surface area contributed by atoms with Gasteiger partial charge in [0, 0.05) is 38.9 Å². The highest BCUT2D eigenvalue weighted by atomic mass is 32.2. The molecular weight excluding hydrogens is 498 g/mol. The number of nitrogens with zero attached hydrogens (tertiary/aromatic N) is 3. The van der Waals surface area contributed by atoms with Gasteiger partial charge in [-0.3, -0.25) is 4.79 Å². The molecule has 3 aromatic rings. The molecule has 0 radical (unpaired) electrons. The van der Waals surface area contributed by atoms with Crippen molar-refractivity contribution in [3.05, 3.63) is 42.5 Å². The number of carbonyl (C=O) groups excluding carboxylic acids is 1. The van der Waals surface area contributed by atoms with Crippen LogP contribution in [0.15, 0.2) is 52.3 Å². The number of piperazine rings is 1. The number of rotatable bonds is 7. The monoisotopic (exact) mass is 523 g/mol. The quantitative estimate of drug-likeness (QED) is 0.463. The summed E-state index contributed by atoms with van der Waals surface area (Å²) in [4.78, 5) is 21.3. The van der Waals surface area contributed by atoms with Crippen LogP contribution in [-0.2, 0) is 24.5 Å². The Kier molecular flexibility index (Phi) is 6.83. The summed E-state index contributed by atoms with van der Waals surface area (Å²) in [7, 11) is -5.46. The van der Waals surface area contributed by atoms with Crippen LogP contribution in [0.25, 0.3) is 10.2 Å². The summed E-state index contributed by atoms with van der Waals surface area (Å²) in [5, 5.41) is 0.709. The Morgan fingerprint density at radius 2 is 1.71 bits per heavy atom. The van der Waals surface area contributed by atoms with Gasteiger partial charge in [-0.2, -0.15) is 0 Å². The van der Waals surface area contributed by atoms with Crippen LogP contribution < -0.4 is 9.64 Å². The summed E-state index contributed by atoms with van der Waals surface area (Å²) in [6, 6.07) is 11.2. The van der Waals surface area contributed by atoms with Crippen molar-refractivity contribution in [2.24, 2.45) is 0 Å². The Labute approximate surface area is 202 Å². The van der Waals surface area contributed by atoms with E-state index in [9.17, 15) is 21.6 Å². The molecule has 1 aromatic heterocycles. The van der Waals surface area contributed by atoms with Gasteiger partial charge in [0.2, 0.25) is 5.91 Å². The molecule has 1 aliphatic rings. The fourth-order valence-electron chi connectivity index (χ4n) is 3.77. The molecular formula is C22H25N3O6S3. The van der Waals surface area contributed by atoms with Crippen LogP contribution in [0, 0.1) is 0 Å². The molecule has 1 aliphatic heterocycles. The number of benzene rings is 2. The first-order valence-electron chi connectivity index (χ1n) is 10.6. The van der Waals surface area contributed by atoms with Crippen molar-refractivity contribution in [3.63, 3.8) is 0 Å². The van der Waals surface area contributed by atoms with E-state index < -0.39 is 19.7 Å². The van der Waals surface area contributed by atoms with Gasteiger partial charge in [0.1, 0.15) is 11.3 Å². The van der Waals surface area contributed by atoms with Crippen molar-refractivity contribution in [2.75, 3.05) is 50.2 Å². The lowest BCUT2D eigenvalue weighted by atomic mass is 10.3. The molecule has 4 rings (SSSR count). The number of anilines is 1. The summed E-state index contributed by atoms with van der Waals surface area (Å²) in [5.41, 5.74) is 0.465. The van der Waals surface area contributed by atoms with Crippen molar-refractivity contribution >= 4 is 52.3 Å². The molecule has 12 heteroatoms. The number of carbonyl (C=O) groups is 1. The minimum absolute atomic E-state index is 0.0901. The van der Waals surface area contributed by atoms with Gasteiger partial charge in [-0.05, 0) is 36.4 Å². The topological polar surface area (TPSA) is 114 Å². The van der Waals surface area contributed by atoms with Crippen LogP contribution >= 0.6 is 11.3 Å². The lowest BCUT2D eigenvalue weighted by molar-refractivity contribution is -0.131. The van der Waals surface area contributed by atoms with Crippen molar-refractivity contribution < 1.29 is 26.4 Å². The molecule has 2 heterocycles. The van der Waals surface area contributed by atoms with Gasteiger partial charge in [0.15, 0.2) is 24.8 Å². The second kappa shape index (κ2) is 9.51. The van der Waals surface area contributed by atoms with Crippen LogP contribution in [0.1, 0.15) is 6.42 Å². The molecule has 1 fully saturated rings. The molecule has 182 valence electrons. The zero-order valence-electron chi connectivity index (χ0n) is 18.8. The Hall–Kier alpha value is -2.70. The van der Waals surface area contributed by atoms with Gasteiger partial charge < -0.3 is 14.5 Å². The van der Waals surface area contributed by atoms with E-state index in [0.29, 0.717) is 42.6 Å².